The number of aryl methyl sites for hydroxylation is 1. The van der Waals surface area contributed by atoms with E-state index < -0.39 is 10.0 Å². The number of rotatable bonds is 5. The van der Waals surface area contributed by atoms with Gasteiger partial charge in [0.1, 0.15) is 0 Å². The van der Waals surface area contributed by atoms with Crippen LogP contribution < -0.4 is 10.5 Å². The minimum absolute atomic E-state index is 0.0731. The van der Waals surface area contributed by atoms with E-state index in [0.29, 0.717) is 16.8 Å². The number of sulfonamides is 1. The predicted molar refractivity (Wildman–Crippen MR) is 101 cm³/mol. The molecule has 1 fully saturated rings. The lowest BCUT2D eigenvalue weighted by atomic mass is 10.1. The van der Waals surface area contributed by atoms with Gasteiger partial charge in [-0.05, 0) is 68.2 Å². The van der Waals surface area contributed by atoms with E-state index in [2.05, 4.69) is 10.2 Å². The van der Waals surface area contributed by atoms with Crippen LogP contribution in [0.15, 0.2) is 47.4 Å². The van der Waals surface area contributed by atoms with Crippen molar-refractivity contribution in [1.29, 1.82) is 0 Å². The summed E-state index contributed by atoms with van der Waals surface area (Å²) >= 11 is 0. The van der Waals surface area contributed by atoms with Gasteiger partial charge in [-0.1, -0.05) is 18.2 Å². The standard InChI is InChI=1S/C19H23N3O3S/c1-14-7-8-17(26(20,24)25)12-18(14)19(23)21-16-6-4-5-15(11-16)13-22-9-2-3-10-22/h4-8,11-12H,2-3,9-10,13H2,1H3,(H,21,23)(H2,20,24,25). The number of amides is 1. The maximum atomic E-state index is 12.6. The van der Waals surface area contributed by atoms with E-state index in [4.69, 9.17) is 5.14 Å². The second kappa shape index (κ2) is 7.57. The van der Waals surface area contributed by atoms with Crippen LogP contribution >= 0.6 is 0 Å². The molecule has 0 unspecified atom stereocenters. The Hall–Kier alpha value is -2.22. The number of benzene rings is 2. The zero-order valence-electron chi connectivity index (χ0n) is 14.7. The Balaban J connectivity index is 1.77. The molecule has 138 valence electrons. The molecule has 0 aliphatic carbocycles. The third kappa shape index (κ3) is 4.49. The van der Waals surface area contributed by atoms with Crippen molar-refractivity contribution in [3.05, 3.63) is 59.2 Å². The van der Waals surface area contributed by atoms with Gasteiger partial charge in [-0.2, -0.15) is 0 Å². The highest BCUT2D eigenvalue weighted by Gasteiger charge is 2.16. The molecule has 1 aliphatic heterocycles. The summed E-state index contributed by atoms with van der Waals surface area (Å²) in [5.41, 5.74) is 2.80. The summed E-state index contributed by atoms with van der Waals surface area (Å²) < 4.78 is 23.1. The maximum absolute atomic E-state index is 12.6. The Morgan fingerprint density at radius 1 is 1.15 bits per heavy atom. The molecular formula is C19H23N3O3S. The van der Waals surface area contributed by atoms with Crippen LogP contribution in [-0.4, -0.2) is 32.3 Å². The van der Waals surface area contributed by atoms with Crippen molar-refractivity contribution in [1.82, 2.24) is 4.90 Å². The molecule has 0 saturated carbocycles. The van der Waals surface area contributed by atoms with Gasteiger partial charge in [0.25, 0.3) is 5.91 Å². The molecule has 26 heavy (non-hydrogen) atoms. The molecule has 0 spiro atoms. The van der Waals surface area contributed by atoms with E-state index in [1.54, 1.807) is 13.0 Å². The highest BCUT2D eigenvalue weighted by Crippen LogP contribution is 2.19. The van der Waals surface area contributed by atoms with Gasteiger partial charge in [0.2, 0.25) is 10.0 Å². The summed E-state index contributed by atoms with van der Waals surface area (Å²) in [4.78, 5) is 14.9. The number of hydrogen-bond donors (Lipinski definition) is 2. The number of primary sulfonamides is 1. The fraction of sp³-hybridized carbons (Fsp3) is 0.316. The first kappa shape index (κ1) is 18.6. The summed E-state index contributed by atoms with van der Waals surface area (Å²) in [7, 11) is -3.85. The van der Waals surface area contributed by atoms with Crippen molar-refractivity contribution in [3.8, 4) is 0 Å². The van der Waals surface area contributed by atoms with Crippen LogP contribution in [-0.2, 0) is 16.6 Å². The van der Waals surface area contributed by atoms with E-state index in [-0.39, 0.29) is 10.8 Å². The topological polar surface area (TPSA) is 92.5 Å². The summed E-state index contributed by atoms with van der Waals surface area (Å²) in [6, 6.07) is 12.0. The van der Waals surface area contributed by atoms with Gasteiger partial charge >= 0.3 is 0 Å². The van der Waals surface area contributed by atoms with Crippen molar-refractivity contribution >= 4 is 21.6 Å². The molecule has 3 N–H and O–H groups in total. The van der Waals surface area contributed by atoms with Gasteiger partial charge in [-0.15, -0.1) is 0 Å². The second-order valence-corrected chi connectivity index (χ2v) is 8.22. The average molecular weight is 373 g/mol. The van der Waals surface area contributed by atoms with Crippen molar-refractivity contribution in [3.63, 3.8) is 0 Å². The number of carbonyl (C=O) groups is 1. The van der Waals surface area contributed by atoms with Crippen LogP contribution in [0.1, 0.15) is 34.3 Å². The molecule has 1 amide bonds. The lowest BCUT2D eigenvalue weighted by Crippen LogP contribution is -2.19. The van der Waals surface area contributed by atoms with Crippen LogP contribution in [0.4, 0.5) is 5.69 Å². The molecule has 3 rings (SSSR count). The van der Waals surface area contributed by atoms with E-state index in [9.17, 15) is 13.2 Å². The Bertz CT molecular complexity index is 919. The molecule has 6 nitrogen and oxygen atoms in total. The van der Waals surface area contributed by atoms with Crippen molar-refractivity contribution in [2.75, 3.05) is 18.4 Å². The van der Waals surface area contributed by atoms with E-state index in [0.717, 1.165) is 25.2 Å². The third-order valence-corrected chi connectivity index (χ3v) is 5.48. The summed E-state index contributed by atoms with van der Waals surface area (Å²) in [5.74, 6) is -0.355. The van der Waals surface area contributed by atoms with Crippen LogP contribution in [0.2, 0.25) is 0 Å². The molecule has 0 radical (unpaired) electrons. The molecular weight excluding hydrogens is 350 g/mol. The van der Waals surface area contributed by atoms with Crippen LogP contribution in [0, 0.1) is 6.92 Å². The molecule has 7 heteroatoms. The smallest absolute Gasteiger partial charge is 0.255 e. The summed E-state index contributed by atoms with van der Waals surface area (Å²) in [6.45, 7) is 4.83. The first-order chi connectivity index (χ1) is 12.3. The molecule has 1 saturated heterocycles. The molecule has 2 aromatic carbocycles. The zero-order valence-corrected chi connectivity index (χ0v) is 15.6. The number of anilines is 1. The number of hydrogen-bond acceptors (Lipinski definition) is 4. The summed E-state index contributed by atoms with van der Waals surface area (Å²) in [6.07, 6.45) is 2.46. The molecule has 0 atom stereocenters. The van der Waals surface area contributed by atoms with Crippen LogP contribution in [0.3, 0.4) is 0 Å². The second-order valence-electron chi connectivity index (χ2n) is 6.66. The monoisotopic (exact) mass is 373 g/mol. The van der Waals surface area contributed by atoms with Crippen LogP contribution in [0.5, 0.6) is 0 Å². The quantitative estimate of drug-likeness (QED) is 0.842. The third-order valence-electron chi connectivity index (χ3n) is 4.57. The zero-order chi connectivity index (χ0) is 18.7. The largest absolute Gasteiger partial charge is 0.322 e. The minimum atomic E-state index is -3.85. The Labute approximate surface area is 154 Å². The molecule has 0 bridgehead atoms. The van der Waals surface area contributed by atoms with E-state index in [1.807, 2.05) is 24.3 Å². The molecule has 1 aliphatic rings. The Morgan fingerprint density at radius 3 is 2.58 bits per heavy atom. The van der Waals surface area contributed by atoms with Crippen LogP contribution in [0.25, 0.3) is 0 Å². The van der Waals surface area contributed by atoms with Gasteiger partial charge in [0.05, 0.1) is 4.90 Å². The molecule has 0 aromatic heterocycles. The van der Waals surface area contributed by atoms with Gasteiger partial charge in [-0.25, -0.2) is 13.6 Å². The van der Waals surface area contributed by atoms with E-state index in [1.165, 1.54) is 25.0 Å². The highest BCUT2D eigenvalue weighted by atomic mass is 32.2. The maximum Gasteiger partial charge on any atom is 0.255 e. The van der Waals surface area contributed by atoms with Gasteiger partial charge < -0.3 is 5.32 Å². The number of carbonyl (C=O) groups excluding carboxylic acids is 1. The van der Waals surface area contributed by atoms with E-state index >= 15 is 0 Å². The van der Waals surface area contributed by atoms with Crippen molar-refractivity contribution in [2.24, 2.45) is 5.14 Å². The molecule has 2 aromatic rings. The normalized spacial score (nSPS) is 15.2. The summed E-state index contributed by atoms with van der Waals surface area (Å²) in [5, 5.41) is 8.01. The SMILES string of the molecule is Cc1ccc(S(N)(=O)=O)cc1C(=O)Nc1cccc(CN2CCCC2)c1. The fourth-order valence-electron chi connectivity index (χ4n) is 3.17. The Morgan fingerprint density at radius 2 is 1.88 bits per heavy atom. The van der Waals surface area contributed by atoms with Crippen molar-refractivity contribution in [2.45, 2.75) is 31.2 Å². The lowest BCUT2D eigenvalue weighted by molar-refractivity contribution is 0.102. The van der Waals surface area contributed by atoms with Gasteiger partial charge in [0, 0.05) is 17.8 Å². The first-order valence-electron chi connectivity index (χ1n) is 8.59. The average Bonchev–Trinajstić information content (AvgIpc) is 3.07. The van der Waals surface area contributed by atoms with Gasteiger partial charge in [0.15, 0.2) is 0 Å². The fourth-order valence-corrected chi connectivity index (χ4v) is 3.71. The lowest BCUT2D eigenvalue weighted by Gasteiger charge is -2.15. The predicted octanol–water partition coefficient (Wildman–Crippen LogP) is 2.49. The number of nitrogens with one attached hydrogen (secondary N) is 1. The minimum Gasteiger partial charge on any atom is -0.322 e. The van der Waals surface area contributed by atoms with Gasteiger partial charge in [-0.3, -0.25) is 9.69 Å². The number of nitrogens with two attached hydrogens (primary N) is 1. The molecule has 1 heterocycles. The number of likely N-dealkylation sites (tertiary alicyclic amines) is 1. The van der Waals surface area contributed by atoms with Crippen molar-refractivity contribution < 1.29 is 13.2 Å². The Kier molecular flexibility index (Phi) is 5.41. The highest BCUT2D eigenvalue weighted by molar-refractivity contribution is 7.89. The number of nitrogens with zero attached hydrogens (tertiary/aromatic N) is 1. The first-order valence-corrected chi connectivity index (χ1v) is 10.1.